The van der Waals surface area contributed by atoms with Crippen molar-refractivity contribution in [2.24, 2.45) is 7.05 Å². The van der Waals surface area contributed by atoms with Gasteiger partial charge in [-0.2, -0.15) is 5.10 Å². The number of carbonyl (C=O) groups excluding carboxylic acids is 1. The van der Waals surface area contributed by atoms with Gasteiger partial charge >= 0.3 is 0 Å². The van der Waals surface area contributed by atoms with Crippen LogP contribution in [0.2, 0.25) is 0 Å². The van der Waals surface area contributed by atoms with Gasteiger partial charge in [0.2, 0.25) is 0 Å². The van der Waals surface area contributed by atoms with Crippen LogP contribution in [-0.4, -0.2) is 53.4 Å². The minimum atomic E-state index is -0.294. The molecule has 1 aromatic carbocycles. The number of aromatic nitrogens is 2. The van der Waals surface area contributed by atoms with Gasteiger partial charge in [0.25, 0.3) is 11.5 Å². The SMILES string of the molecule is Cn1nc(C(=O)NC(CN2CCOCC2)c2ccccc2)ccc1=O. The number of hydrogen-bond donors (Lipinski definition) is 1. The van der Waals surface area contributed by atoms with Crippen LogP contribution in [0, 0.1) is 0 Å². The van der Waals surface area contributed by atoms with E-state index in [-0.39, 0.29) is 23.2 Å². The lowest BCUT2D eigenvalue weighted by molar-refractivity contribution is 0.0332. The van der Waals surface area contributed by atoms with Gasteiger partial charge in [-0.3, -0.25) is 14.5 Å². The molecule has 1 amide bonds. The van der Waals surface area contributed by atoms with E-state index in [1.165, 1.54) is 19.2 Å². The minimum Gasteiger partial charge on any atom is -0.379 e. The fourth-order valence-corrected chi connectivity index (χ4v) is 2.82. The van der Waals surface area contributed by atoms with Crippen LogP contribution in [0.5, 0.6) is 0 Å². The molecule has 1 atom stereocenters. The van der Waals surface area contributed by atoms with Crippen molar-refractivity contribution in [3.05, 3.63) is 64.1 Å². The summed E-state index contributed by atoms with van der Waals surface area (Å²) in [6.07, 6.45) is 0. The zero-order valence-electron chi connectivity index (χ0n) is 14.2. The first-order valence-corrected chi connectivity index (χ1v) is 8.34. The fraction of sp³-hybridized carbons (Fsp3) is 0.389. The molecule has 0 spiro atoms. The Morgan fingerprint density at radius 2 is 1.92 bits per heavy atom. The summed E-state index contributed by atoms with van der Waals surface area (Å²) < 4.78 is 6.55. The van der Waals surface area contributed by atoms with E-state index in [0.717, 1.165) is 23.3 Å². The molecule has 2 heterocycles. The van der Waals surface area contributed by atoms with Crippen molar-refractivity contribution in [3.63, 3.8) is 0 Å². The van der Waals surface area contributed by atoms with Gasteiger partial charge in [0.1, 0.15) is 5.69 Å². The Bertz CT molecular complexity index is 769. The minimum absolute atomic E-state index is 0.161. The maximum atomic E-state index is 12.6. The van der Waals surface area contributed by atoms with Crippen molar-refractivity contribution < 1.29 is 9.53 Å². The molecule has 25 heavy (non-hydrogen) atoms. The molecular formula is C18H22N4O3. The van der Waals surface area contributed by atoms with E-state index in [2.05, 4.69) is 15.3 Å². The van der Waals surface area contributed by atoms with E-state index in [1.807, 2.05) is 30.3 Å². The van der Waals surface area contributed by atoms with Crippen LogP contribution in [-0.2, 0) is 11.8 Å². The molecule has 0 radical (unpaired) electrons. The normalized spacial score (nSPS) is 16.4. The van der Waals surface area contributed by atoms with Gasteiger partial charge in [0.15, 0.2) is 0 Å². The Hall–Kier alpha value is -2.51. The first-order chi connectivity index (χ1) is 12.1. The number of nitrogens with zero attached hydrogens (tertiary/aromatic N) is 3. The zero-order chi connectivity index (χ0) is 17.6. The third kappa shape index (κ3) is 4.52. The van der Waals surface area contributed by atoms with Gasteiger partial charge in [-0.25, -0.2) is 4.68 Å². The first kappa shape index (κ1) is 17.3. The van der Waals surface area contributed by atoms with E-state index < -0.39 is 0 Å². The first-order valence-electron chi connectivity index (χ1n) is 8.34. The van der Waals surface area contributed by atoms with Crippen LogP contribution in [0.3, 0.4) is 0 Å². The van der Waals surface area contributed by atoms with Gasteiger partial charge < -0.3 is 10.1 Å². The van der Waals surface area contributed by atoms with Crippen LogP contribution >= 0.6 is 0 Å². The van der Waals surface area contributed by atoms with E-state index >= 15 is 0 Å². The molecule has 1 fully saturated rings. The molecule has 7 heteroatoms. The van der Waals surface area contributed by atoms with Crippen molar-refractivity contribution in [1.29, 1.82) is 0 Å². The zero-order valence-corrected chi connectivity index (χ0v) is 14.2. The Labute approximate surface area is 146 Å². The summed E-state index contributed by atoms with van der Waals surface area (Å²) in [4.78, 5) is 26.3. The molecule has 132 valence electrons. The van der Waals surface area contributed by atoms with Crippen LogP contribution in [0.25, 0.3) is 0 Å². The summed E-state index contributed by atoms with van der Waals surface area (Å²) >= 11 is 0. The van der Waals surface area contributed by atoms with E-state index in [9.17, 15) is 9.59 Å². The van der Waals surface area contributed by atoms with Crippen molar-refractivity contribution in [1.82, 2.24) is 20.0 Å². The summed E-state index contributed by atoms with van der Waals surface area (Å²) in [5.41, 5.74) is 1.02. The predicted molar refractivity (Wildman–Crippen MR) is 93.4 cm³/mol. The number of benzene rings is 1. The summed E-state index contributed by atoms with van der Waals surface area (Å²) in [5, 5.41) is 7.07. The molecule has 1 aromatic heterocycles. The number of carbonyl (C=O) groups is 1. The Balaban J connectivity index is 1.77. The van der Waals surface area contributed by atoms with Crippen LogP contribution < -0.4 is 10.9 Å². The largest absolute Gasteiger partial charge is 0.379 e. The predicted octanol–water partition coefficient (Wildman–Crippen LogP) is 0.584. The Morgan fingerprint density at radius 1 is 1.20 bits per heavy atom. The molecule has 7 nitrogen and oxygen atoms in total. The van der Waals surface area contributed by atoms with E-state index in [0.29, 0.717) is 19.8 Å². The lowest BCUT2D eigenvalue weighted by Crippen LogP contribution is -2.43. The lowest BCUT2D eigenvalue weighted by atomic mass is 10.1. The molecule has 0 saturated carbocycles. The van der Waals surface area contributed by atoms with Gasteiger partial charge in [-0.1, -0.05) is 30.3 Å². The van der Waals surface area contributed by atoms with Crippen LogP contribution in [0.1, 0.15) is 22.1 Å². The lowest BCUT2D eigenvalue weighted by Gasteiger charge is -2.31. The summed E-state index contributed by atoms with van der Waals surface area (Å²) in [7, 11) is 1.53. The molecule has 1 N–H and O–H groups in total. The Kier molecular flexibility index (Phi) is 5.57. The highest BCUT2D eigenvalue weighted by molar-refractivity contribution is 5.92. The molecule has 1 saturated heterocycles. The summed E-state index contributed by atoms with van der Waals surface area (Å²) in [6, 6.07) is 12.5. The van der Waals surface area contributed by atoms with Gasteiger partial charge in [0.05, 0.1) is 19.3 Å². The molecule has 1 unspecified atom stereocenters. The molecule has 2 aromatic rings. The molecule has 0 aliphatic carbocycles. The number of amides is 1. The molecule has 0 bridgehead atoms. The van der Waals surface area contributed by atoms with E-state index in [4.69, 9.17) is 4.74 Å². The number of nitrogens with one attached hydrogen (secondary N) is 1. The monoisotopic (exact) mass is 342 g/mol. The van der Waals surface area contributed by atoms with Gasteiger partial charge in [0, 0.05) is 32.7 Å². The van der Waals surface area contributed by atoms with Crippen LogP contribution in [0.4, 0.5) is 0 Å². The molecule has 1 aliphatic heterocycles. The van der Waals surface area contributed by atoms with Crippen molar-refractivity contribution in [2.75, 3.05) is 32.8 Å². The van der Waals surface area contributed by atoms with Crippen LogP contribution in [0.15, 0.2) is 47.3 Å². The highest BCUT2D eigenvalue weighted by atomic mass is 16.5. The molecule has 3 rings (SSSR count). The second kappa shape index (κ2) is 8.04. The maximum Gasteiger partial charge on any atom is 0.272 e. The topological polar surface area (TPSA) is 76.5 Å². The standard InChI is InChI=1S/C18H22N4O3/c1-21-17(23)8-7-15(20-21)18(24)19-16(14-5-3-2-4-6-14)13-22-9-11-25-12-10-22/h2-8,16H,9-13H2,1H3,(H,19,24). The average molecular weight is 342 g/mol. The second-order valence-electron chi connectivity index (χ2n) is 6.03. The number of rotatable bonds is 5. The Morgan fingerprint density at radius 3 is 2.60 bits per heavy atom. The fourth-order valence-electron chi connectivity index (χ4n) is 2.82. The van der Waals surface area contributed by atoms with E-state index in [1.54, 1.807) is 0 Å². The van der Waals surface area contributed by atoms with Crippen molar-refractivity contribution in [3.8, 4) is 0 Å². The second-order valence-corrected chi connectivity index (χ2v) is 6.03. The summed E-state index contributed by atoms with van der Waals surface area (Å²) in [5.74, 6) is -0.294. The third-order valence-electron chi connectivity index (χ3n) is 4.24. The number of aryl methyl sites for hydroxylation is 1. The average Bonchev–Trinajstić information content (AvgIpc) is 2.65. The molecule has 1 aliphatic rings. The van der Waals surface area contributed by atoms with Gasteiger partial charge in [-0.15, -0.1) is 0 Å². The maximum absolute atomic E-state index is 12.6. The highest BCUT2D eigenvalue weighted by Gasteiger charge is 2.21. The smallest absolute Gasteiger partial charge is 0.272 e. The van der Waals surface area contributed by atoms with Crippen molar-refractivity contribution >= 4 is 5.91 Å². The highest BCUT2D eigenvalue weighted by Crippen LogP contribution is 2.15. The number of morpholine rings is 1. The number of hydrogen-bond acceptors (Lipinski definition) is 5. The third-order valence-corrected chi connectivity index (χ3v) is 4.24. The quantitative estimate of drug-likeness (QED) is 0.860. The molecular weight excluding hydrogens is 320 g/mol. The van der Waals surface area contributed by atoms with Gasteiger partial charge in [-0.05, 0) is 11.6 Å². The summed E-state index contributed by atoms with van der Waals surface area (Å²) in [6.45, 7) is 3.80. The number of ether oxygens (including phenoxy) is 1. The van der Waals surface area contributed by atoms with Crippen molar-refractivity contribution in [2.45, 2.75) is 6.04 Å².